The Kier molecular flexibility index (Phi) is 6.97. The zero-order valence-electron chi connectivity index (χ0n) is 15.6. The van der Waals surface area contributed by atoms with Gasteiger partial charge in [-0.25, -0.2) is 0 Å². The Morgan fingerprint density at radius 3 is 2.50 bits per heavy atom. The van der Waals surface area contributed by atoms with Crippen molar-refractivity contribution in [1.82, 2.24) is 0 Å². The van der Waals surface area contributed by atoms with E-state index in [9.17, 15) is 24.5 Å². The molecule has 8 heteroatoms. The van der Waals surface area contributed by atoms with Crippen molar-refractivity contribution in [3.63, 3.8) is 0 Å². The van der Waals surface area contributed by atoms with Crippen molar-refractivity contribution in [2.24, 2.45) is 0 Å². The number of nitrogens with one attached hydrogen (secondary N) is 1. The summed E-state index contributed by atoms with van der Waals surface area (Å²) in [6, 6.07) is 11.3. The van der Waals surface area contributed by atoms with Crippen LogP contribution in [0.5, 0.6) is 0 Å². The maximum atomic E-state index is 12.1. The minimum atomic E-state index is -0.700. The molecular weight excluding hydrogens is 364 g/mol. The number of hydrogen-bond donors (Lipinski definition) is 1. The molecule has 0 radical (unpaired) electrons. The molecule has 0 saturated heterocycles. The van der Waals surface area contributed by atoms with Crippen LogP contribution in [-0.4, -0.2) is 29.2 Å². The van der Waals surface area contributed by atoms with E-state index in [4.69, 9.17) is 4.74 Å². The summed E-state index contributed by atoms with van der Waals surface area (Å²) in [5, 5.41) is 13.6. The van der Waals surface area contributed by atoms with Gasteiger partial charge < -0.3 is 10.1 Å². The van der Waals surface area contributed by atoms with Crippen molar-refractivity contribution < 1.29 is 24.0 Å². The lowest BCUT2D eigenvalue weighted by Gasteiger charge is -2.07. The number of aryl methyl sites for hydroxylation is 2. The van der Waals surface area contributed by atoms with Crippen molar-refractivity contribution >= 4 is 29.0 Å². The van der Waals surface area contributed by atoms with Crippen molar-refractivity contribution in [1.29, 1.82) is 0 Å². The molecule has 2 aromatic rings. The van der Waals surface area contributed by atoms with Crippen molar-refractivity contribution in [2.75, 3.05) is 11.9 Å². The zero-order chi connectivity index (χ0) is 20.7. The first-order valence-electron chi connectivity index (χ1n) is 8.56. The first-order valence-corrected chi connectivity index (χ1v) is 8.56. The van der Waals surface area contributed by atoms with Crippen LogP contribution >= 0.6 is 0 Å². The largest absolute Gasteiger partial charge is 0.457 e. The monoisotopic (exact) mass is 384 g/mol. The minimum absolute atomic E-state index is 0.0855. The van der Waals surface area contributed by atoms with Crippen LogP contribution in [0.1, 0.15) is 34.3 Å². The smallest absolute Gasteiger partial charge is 0.306 e. The van der Waals surface area contributed by atoms with E-state index in [2.05, 4.69) is 5.32 Å². The molecule has 0 saturated carbocycles. The molecule has 1 N–H and O–H groups in total. The molecule has 0 aliphatic rings. The fourth-order valence-corrected chi connectivity index (χ4v) is 2.44. The Balaban J connectivity index is 1.80. The number of amides is 1. The molecule has 0 unspecified atom stereocenters. The van der Waals surface area contributed by atoms with Crippen LogP contribution in [0.25, 0.3) is 0 Å². The van der Waals surface area contributed by atoms with Gasteiger partial charge in [0.05, 0.1) is 11.3 Å². The Labute approximate surface area is 161 Å². The maximum Gasteiger partial charge on any atom is 0.306 e. The van der Waals surface area contributed by atoms with Crippen LogP contribution in [0.15, 0.2) is 42.5 Å². The van der Waals surface area contributed by atoms with Crippen molar-refractivity contribution in [3.8, 4) is 0 Å². The average molecular weight is 384 g/mol. The second-order valence-corrected chi connectivity index (χ2v) is 6.26. The van der Waals surface area contributed by atoms with Gasteiger partial charge in [-0.2, -0.15) is 0 Å². The standard InChI is InChI=1S/C20H20N2O6/c1-13-4-3-5-16(10-13)21-19(24)8-9-20(25)28-12-18(23)15-7-6-14(2)17(11-15)22(26)27/h3-7,10-11H,8-9,12H2,1-2H3,(H,21,24). The van der Waals surface area contributed by atoms with Gasteiger partial charge in [0.15, 0.2) is 6.61 Å². The summed E-state index contributed by atoms with van der Waals surface area (Å²) >= 11 is 0. The van der Waals surface area contributed by atoms with Gasteiger partial charge in [-0.1, -0.05) is 24.3 Å². The molecule has 0 fully saturated rings. The Morgan fingerprint density at radius 1 is 1.07 bits per heavy atom. The number of esters is 1. The number of carbonyl (C=O) groups excluding carboxylic acids is 3. The second-order valence-electron chi connectivity index (χ2n) is 6.26. The second kappa shape index (κ2) is 9.40. The van der Waals surface area contributed by atoms with E-state index in [0.717, 1.165) is 11.6 Å². The number of nitro groups is 1. The molecule has 2 aromatic carbocycles. The average Bonchev–Trinajstić information content (AvgIpc) is 2.64. The number of nitro benzene ring substituents is 1. The quantitative estimate of drug-likeness (QED) is 0.323. The van der Waals surface area contributed by atoms with Crippen LogP contribution in [0.4, 0.5) is 11.4 Å². The van der Waals surface area contributed by atoms with Gasteiger partial charge in [-0.15, -0.1) is 0 Å². The van der Waals surface area contributed by atoms with Crippen LogP contribution in [-0.2, 0) is 14.3 Å². The maximum absolute atomic E-state index is 12.1. The Bertz CT molecular complexity index is 923. The van der Waals surface area contributed by atoms with E-state index < -0.39 is 23.3 Å². The third kappa shape index (κ3) is 6.01. The van der Waals surface area contributed by atoms with Gasteiger partial charge in [0.25, 0.3) is 5.69 Å². The van der Waals surface area contributed by atoms with Crippen LogP contribution in [0.2, 0.25) is 0 Å². The zero-order valence-corrected chi connectivity index (χ0v) is 15.6. The normalized spacial score (nSPS) is 10.2. The predicted octanol–water partition coefficient (Wildman–Crippen LogP) is 3.36. The molecule has 8 nitrogen and oxygen atoms in total. The summed E-state index contributed by atoms with van der Waals surface area (Å²) in [5.41, 5.74) is 1.96. The van der Waals surface area contributed by atoms with Crippen LogP contribution in [0, 0.1) is 24.0 Å². The molecule has 0 aliphatic carbocycles. The first-order chi connectivity index (χ1) is 13.3. The number of ether oxygens (including phenoxy) is 1. The molecule has 0 aromatic heterocycles. The van der Waals surface area contributed by atoms with E-state index in [1.165, 1.54) is 12.1 Å². The summed E-state index contributed by atoms with van der Waals surface area (Å²) in [5.74, 6) is -1.60. The summed E-state index contributed by atoms with van der Waals surface area (Å²) in [4.78, 5) is 46.0. The van der Waals surface area contributed by atoms with E-state index in [0.29, 0.717) is 11.3 Å². The molecule has 0 bridgehead atoms. The topological polar surface area (TPSA) is 116 Å². The highest BCUT2D eigenvalue weighted by Gasteiger charge is 2.16. The Morgan fingerprint density at radius 2 is 1.82 bits per heavy atom. The SMILES string of the molecule is Cc1cccc(NC(=O)CCC(=O)OCC(=O)c2ccc(C)c([N+](=O)[O-])c2)c1. The number of anilines is 1. The van der Waals surface area contributed by atoms with Crippen LogP contribution in [0.3, 0.4) is 0 Å². The van der Waals surface area contributed by atoms with Gasteiger partial charge >= 0.3 is 5.97 Å². The highest BCUT2D eigenvalue weighted by atomic mass is 16.6. The molecule has 28 heavy (non-hydrogen) atoms. The number of ketones is 1. The number of nitrogens with zero attached hydrogens (tertiary/aromatic N) is 1. The summed E-state index contributed by atoms with van der Waals surface area (Å²) in [6.45, 7) is 2.92. The lowest BCUT2D eigenvalue weighted by molar-refractivity contribution is -0.385. The summed E-state index contributed by atoms with van der Waals surface area (Å²) in [7, 11) is 0. The van der Waals surface area contributed by atoms with Gasteiger partial charge in [0.2, 0.25) is 11.7 Å². The molecule has 146 valence electrons. The van der Waals surface area contributed by atoms with E-state index in [1.54, 1.807) is 25.1 Å². The third-order valence-electron chi connectivity index (χ3n) is 3.95. The first kappa shape index (κ1) is 20.8. The highest BCUT2D eigenvalue weighted by molar-refractivity contribution is 5.99. The van der Waals surface area contributed by atoms with Gasteiger partial charge in [0.1, 0.15) is 0 Å². The lowest BCUT2D eigenvalue weighted by atomic mass is 10.1. The number of rotatable bonds is 8. The Hall–Kier alpha value is -3.55. The molecular formula is C20H20N2O6. The lowest BCUT2D eigenvalue weighted by Crippen LogP contribution is -2.17. The van der Waals surface area contributed by atoms with Gasteiger partial charge in [0, 0.05) is 29.3 Å². The highest BCUT2D eigenvalue weighted by Crippen LogP contribution is 2.19. The van der Waals surface area contributed by atoms with Gasteiger partial charge in [-0.3, -0.25) is 24.5 Å². The predicted molar refractivity (Wildman–Crippen MR) is 102 cm³/mol. The van der Waals surface area contributed by atoms with Crippen molar-refractivity contribution in [2.45, 2.75) is 26.7 Å². The number of benzene rings is 2. The molecule has 0 spiro atoms. The molecule has 2 rings (SSSR count). The molecule has 1 amide bonds. The van der Waals surface area contributed by atoms with Crippen LogP contribution < -0.4 is 5.32 Å². The number of hydrogen-bond acceptors (Lipinski definition) is 6. The molecule has 0 aliphatic heterocycles. The molecule has 0 atom stereocenters. The van der Waals surface area contributed by atoms with E-state index >= 15 is 0 Å². The fraction of sp³-hybridized carbons (Fsp3) is 0.250. The van der Waals surface area contributed by atoms with Crippen molar-refractivity contribution in [3.05, 3.63) is 69.3 Å². The number of Topliss-reactive ketones (excluding diaryl/α,β-unsaturated/α-hetero) is 1. The summed E-state index contributed by atoms with van der Waals surface area (Å²) in [6.07, 6.45) is -0.268. The van der Waals surface area contributed by atoms with Gasteiger partial charge in [-0.05, 0) is 31.5 Å². The minimum Gasteiger partial charge on any atom is -0.457 e. The van der Waals surface area contributed by atoms with E-state index in [-0.39, 0.29) is 30.0 Å². The third-order valence-corrected chi connectivity index (χ3v) is 3.95. The molecule has 0 heterocycles. The summed E-state index contributed by atoms with van der Waals surface area (Å²) < 4.78 is 4.87. The fourth-order valence-electron chi connectivity index (χ4n) is 2.44. The number of carbonyl (C=O) groups is 3. The van der Waals surface area contributed by atoms with E-state index in [1.807, 2.05) is 13.0 Å².